The largest absolute Gasteiger partial charge is 0.462 e. The molecule has 8 nitrogen and oxygen atoms in total. The Kier molecular flexibility index (Phi) is 7.77. The van der Waals surface area contributed by atoms with E-state index in [0.717, 1.165) is 34.4 Å². The van der Waals surface area contributed by atoms with Gasteiger partial charge in [0.05, 0.1) is 17.4 Å². The lowest BCUT2D eigenvalue weighted by Gasteiger charge is -2.30. The summed E-state index contributed by atoms with van der Waals surface area (Å²) in [6.45, 7) is 4.07. The fourth-order valence-corrected chi connectivity index (χ4v) is 7.74. The Hall–Kier alpha value is -1.91. The second kappa shape index (κ2) is 10.1. The number of thiophene rings is 2. The molecule has 1 unspecified atom stereocenters. The molecule has 1 atom stereocenters. The van der Waals surface area contributed by atoms with E-state index < -0.39 is 21.9 Å². The second-order valence-electron chi connectivity index (χ2n) is 6.75. The van der Waals surface area contributed by atoms with Crippen LogP contribution in [0.2, 0.25) is 0 Å². The highest BCUT2D eigenvalue weighted by atomic mass is 32.2. The first-order chi connectivity index (χ1) is 14.8. The number of nitriles is 1. The first-order valence-electron chi connectivity index (χ1n) is 9.50. The number of hydrogen-bond donors (Lipinski definition) is 1. The Morgan fingerprint density at radius 2 is 2.23 bits per heavy atom. The van der Waals surface area contributed by atoms with Gasteiger partial charge in [0, 0.05) is 13.1 Å². The van der Waals surface area contributed by atoms with Crippen LogP contribution in [0.25, 0.3) is 0 Å². The molecule has 1 aliphatic rings. The maximum Gasteiger partial charge on any atom is 0.348 e. The zero-order valence-electron chi connectivity index (χ0n) is 16.9. The quantitative estimate of drug-likeness (QED) is 0.349. The molecule has 2 aromatic heterocycles. The number of nitrogens with one attached hydrogen (secondary N) is 1. The van der Waals surface area contributed by atoms with Crippen LogP contribution in [0.1, 0.15) is 35.0 Å². The number of hydrogen-bond acceptors (Lipinski definition) is 9. The summed E-state index contributed by atoms with van der Waals surface area (Å²) >= 11 is 3.08. The molecule has 0 bridgehead atoms. The third kappa shape index (κ3) is 5.12. The van der Waals surface area contributed by atoms with Crippen LogP contribution in [0.3, 0.4) is 0 Å². The molecule has 0 aromatic carbocycles. The number of sulfonamides is 1. The minimum atomic E-state index is -3.63. The third-order valence-corrected chi connectivity index (χ3v) is 10.1. The summed E-state index contributed by atoms with van der Waals surface area (Å²) < 4.78 is 32.3. The summed E-state index contributed by atoms with van der Waals surface area (Å²) in [5.74, 6) is -1.37. The Balaban J connectivity index is 1.79. The number of thioether (sulfide) groups is 1. The van der Waals surface area contributed by atoms with E-state index >= 15 is 0 Å². The lowest BCUT2D eigenvalue weighted by molar-refractivity contribution is -0.120. The van der Waals surface area contributed by atoms with Crippen LogP contribution in [0.15, 0.2) is 26.6 Å². The smallest absolute Gasteiger partial charge is 0.348 e. The number of carbonyl (C=O) groups excluding carboxylic acids is 2. The van der Waals surface area contributed by atoms with Crippen LogP contribution in [0, 0.1) is 23.5 Å². The number of thiocyanates is 1. The predicted octanol–water partition coefficient (Wildman–Crippen LogP) is 3.91. The van der Waals surface area contributed by atoms with Crippen LogP contribution in [-0.4, -0.2) is 44.3 Å². The number of anilines is 1. The molecule has 1 amide bonds. The van der Waals surface area contributed by atoms with Gasteiger partial charge in [0.1, 0.15) is 19.5 Å². The SMILES string of the molecule is CCOC(=O)c1sc(NC(=O)C2CCCN(S(=O)(=O)c3cccs3)C2)c(SC#N)c1C. The normalized spacial score (nSPS) is 17.1. The van der Waals surface area contributed by atoms with Crippen LogP contribution >= 0.6 is 34.4 Å². The summed E-state index contributed by atoms with van der Waals surface area (Å²) in [6, 6.07) is 3.24. The molecular weight excluding hydrogens is 478 g/mol. The molecule has 0 spiro atoms. The van der Waals surface area contributed by atoms with Crippen LogP contribution in [-0.2, 0) is 19.6 Å². The van der Waals surface area contributed by atoms with E-state index in [-0.39, 0.29) is 23.3 Å². The molecule has 166 valence electrons. The van der Waals surface area contributed by atoms with Gasteiger partial charge in [0.2, 0.25) is 5.91 Å². The molecule has 0 radical (unpaired) electrons. The lowest BCUT2D eigenvalue weighted by atomic mass is 9.99. The highest BCUT2D eigenvalue weighted by molar-refractivity contribution is 8.04. The molecule has 1 saturated heterocycles. The zero-order valence-corrected chi connectivity index (χ0v) is 20.2. The topological polar surface area (TPSA) is 117 Å². The van der Waals surface area contributed by atoms with E-state index in [1.807, 2.05) is 5.40 Å². The van der Waals surface area contributed by atoms with Crippen LogP contribution in [0.5, 0.6) is 0 Å². The predicted molar refractivity (Wildman–Crippen MR) is 121 cm³/mol. The van der Waals surface area contributed by atoms with E-state index in [9.17, 15) is 18.0 Å². The second-order valence-corrected chi connectivity index (χ2v) is 11.7. The van der Waals surface area contributed by atoms with Crippen molar-refractivity contribution in [2.45, 2.75) is 35.8 Å². The summed E-state index contributed by atoms with van der Waals surface area (Å²) in [5, 5.41) is 16.0. The van der Waals surface area contributed by atoms with Gasteiger partial charge in [-0.15, -0.1) is 22.7 Å². The van der Waals surface area contributed by atoms with E-state index in [4.69, 9.17) is 10.00 Å². The molecule has 3 rings (SSSR count). The minimum absolute atomic E-state index is 0.0852. The third-order valence-electron chi connectivity index (χ3n) is 4.78. The molecule has 12 heteroatoms. The van der Waals surface area contributed by atoms with E-state index in [0.29, 0.717) is 39.7 Å². The van der Waals surface area contributed by atoms with E-state index in [2.05, 4.69) is 5.32 Å². The summed E-state index contributed by atoms with van der Waals surface area (Å²) in [6.07, 6.45) is 1.12. The Morgan fingerprint density at radius 3 is 2.87 bits per heavy atom. The van der Waals surface area contributed by atoms with Gasteiger partial charge >= 0.3 is 5.97 Å². The number of piperidine rings is 1. The lowest BCUT2D eigenvalue weighted by Crippen LogP contribution is -2.43. The van der Waals surface area contributed by atoms with Crippen LogP contribution in [0.4, 0.5) is 5.00 Å². The van der Waals surface area contributed by atoms with Gasteiger partial charge in [0.15, 0.2) is 0 Å². The molecule has 0 saturated carbocycles. The average Bonchev–Trinajstić information content (AvgIpc) is 3.39. The standard InChI is InChI=1S/C19H21N3O5S4/c1-3-27-19(24)16-12(2)15(29-11-20)18(30-16)21-17(23)13-6-4-8-22(10-13)31(25,26)14-7-5-9-28-14/h5,7,9,13H,3-4,6,8,10H2,1-2H3,(H,21,23). The van der Waals surface area contributed by atoms with Gasteiger partial charge in [-0.1, -0.05) is 6.07 Å². The van der Waals surface area contributed by atoms with E-state index in [1.165, 1.54) is 4.31 Å². The Labute approximate surface area is 193 Å². The van der Waals surface area contributed by atoms with Crippen molar-refractivity contribution >= 4 is 61.3 Å². The molecule has 1 N–H and O–H groups in total. The van der Waals surface area contributed by atoms with Crippen molar-refractivity contribution in [3.63, 3.8) is 0 Å². The van der Waals surface area contributed by atoms with Gasteiger partial charge in [-0.25, -0.2) is 13.2 Å². The van der Waals surface area contributed by atoms with Gasteiger partial charge in [-0.3, -0.25) is 4.79 Å². The summed E-state index contributed by atoms with van der Waals surface area (Å²) in [4.78, 5) is 26.0. The molecule has 3 heterocycles. The molecule has 2 aromatic rings. The van der Waals surface area contributed by atoms with Crippen molar-refractivity contribution in [3.8, 4) is 5.40 Å². The van der Waals surface area contributed by atoms with Gasteiger partial charge in [-0.2, -0.15) is 9.57 Å². The van der Waals surface area contributed by atoms with Crippen molar-refractivity contribution in [1.82, 2.24) is 4.31 Å². The van der Waals surface area contributed by atoms with Gasteiger partial charge in [0.25, 0.3) is 10.0 Å². The average molecular weight is 500 g/mol. The Bertz CT molecular complexity index is 1100. The van der Waals surface area contributed by atoms with E-state index in [1.54, 1.807) is 31.4 Å². The highest BCUT2D eigenvalue weighted by Gasteiger charge is 2.34. The maximum absolute atomic E-state index is 13.0. The molecule has 0 aliphatic carbocycles. The fraction of sp³-hybridized carbons (Fsp3) is 0.421. The monoisotopic (exact) mass is 499 g/mol. The van der Waals surface area contributed by atoms with Crippen molar-refractivity contribution in [3.05, 3.63) is 28.0 Å². The van der Waals surface area contributed by atoms with Crippen molar-refractivity contribution in [2.75, 3.05) is 25.0 Å². The number of esters is 1. The number of ether oxygens (including phenoxy) is 1. The zero-order chi connectivity index (χ0) is 22.6. The van der Waals surface area contributed by atoms with Crippen LogP contribution < -0.4 is 5.32 Å². The van der Waals surface area contributed by atoms with Crippen molar-refractivity contribution in [2.24, 2.45) is 5.92 Å². The van der Waals surface area contributed by atoms with Gasteiger partial charge < -0.3 is 10.1 Å². The van der Waals surface area contributed by atoms with Gasteiger partial charge in [-0.05, 0) is 55.5 Å². The van der Waals surface area contributed by atoms with Crippen molar-refractivity contribution in [1.29, 1.82) is 5.26 Å². The highest BCUT2D eigenvalue weighted by Crippen LogP contribution is 2.40. The molecule has 31 heavy (non-hydrogen) atoms. The first-order valence-corrected chi connectivity index (χ1v) is 13.5. The van der Waals surface area contributed by atoms with Crippen molar-refractivity contribution < 1.29 is 22.7 Å². The number of nitrogens with zero attached hydrogens (tertiary/aromatic N) is 2. The minimum Gasteiger partial charge on any atom is -0.462 e. The molecule has 1 aliphatic heterocycles. The number of carbonyl (C=O) groups is 2. The Morgan fingerprint density at radius 1 is 1.45 bits per heavy atom. The summed E-state index contributed by atoms with van der Waals surface area (Å²) in [5.41, 5.74) is 0.579. The molecule has 1 fully saturated rings. The fourth-order valence-electron chi connectivity index (χ4n) is 3.27. The molecular formula is C19H21N3O5S4. The summed E-state index contributed by atoms with van der Waals surface area (Å²) in [7, 11) is -3.63. The first kappa shape index (κ1) is 23.7. The number of amides is 1. The maximum atomic E-state index is 13.0. The number of rotatable bonds is 7.